The Labute approximate surface area is 220 Å². The van der Waals surface area contributed by atoms with Crippen LogP contribution in [0, 0.1) is 0 Å². The fraction of sp³-hybridized carbons (Fsp3) is 0. The molecule has 2 nitrogen and oxygen atoms in total. The SMILES string of the molecule is Clc1ccc(-c2cccc3oc4cccc(N(c5ccccc5)c5ccccc5)c4c23)c2ccccc12. The normalized spacial score (nSPS) is 11.4. The van der Waals surface area contributed by atoms with Crippen molar-refractivity contribution in [3.8, 4) is 11.1 Å². The van der Waals surface area contributed by atoms with Gasteiger partial charge in [-0.05, 0) is 65.0 Å². The zero-order valence-electron chi connectivity index (χ0n) is 19.9. The molecule has 0 unspecified atom stereocenters. The number of anilines is 3. The number of halogens is 1. The van der Waals surface area contributed by atoms with E-state index in [-0.39, 0.29) is 0 Å². The molecule has 3 heteroatoms. The summed E-state index contributed by atoms with van der Waals surface area (Å²) in [5.41, 5.74) is 7.22. The van der Waals surface area contributed by atoms with E-state index in [9.17, 15) is 0 Å². The molecule has 0 N–H and O–H groups in total. The van der Waals surface area contributed by atoms with Crippen LogP contribution in [0.15, 0.2) is 138 Å². The molecule has 6 aromatic carbocycles. The summed E-state index contributed by atoms with van der Waals surface area (Å²) in [7, 11) is 0. The summed E-state index contributed by atoms with van der Waals surface area (Å²) >= 11 is 6.59. The van der Waals surface area contributed by atoms with Gasteiger partial charge >= 0.3 is 0 Å². The maximum Gasteiger partial charge on any atom is 0.137 e. The molecule has 7 aromatic rings. The second-order valence-electron chi connectivity index (χ2n) is 9.08. The average Bonchev–Trinajstić information content (AvgIpc) is 3.35. The highest BCUT2D eigenvalue weighted by Crippen LogP contribution is 2.46. The van der Waals surface area contributed by atoms with Crippen LogP contribution in [0.1, 0.15) is 0 Å². The number of benzene rings is 6. The van der Waals surface area contributed by atoms with Crippen LogP contribution < -0.4 is 4.90 Å². The van der Waals surface area contributed by atoms with Gasteiger partial charge in [-0.1, -0.05) is 96.5 Å². The number of para-hydroxylation sites is 2. The van der Waals surface area contributed by atoms with Crippen molar-refractivity contribution in [1.82, 2.24) is 0 Å². The van der Waals surface area contributed by atoms with E-state index in [1.807, 2.05) is 24.3 Å². The Morgan fingerprint density at radius 3 is 1.76 bits per heavy atom. The van der Waals surface area contributed by atoms with E-state index in [2.05, 4.69) is 114 Å². The van der Waals surface area contributed by atoms with Gasteiger partial charge in [0.1, 0.15) is 11.2 Å². The molecule has 0 aliphatic carbocycles. The third kappa shape index (κ3) is 3.57. The lowest BCUT2D eigenvalue weighted by Gasteiger charge is -2.26. The van der Waals surface area contributed by atoms with E-state index < -0.39 is 0 Å². The standard InChI is InChI=1S/C34H22ClNO/c35-29-22-21-26(25-15-7-8-16-27(25)29)28-17-9-19-31-33(28)34-30(18-10-20-32(34)37-31)36(23-11-3-1-4-12-23)24-13-5-2-6-14-24/h1-22H. The molecule has 1 aromatic heterocycles. The molecule has 0 saturated carbocycles. The third-order valence-corrected chi connectivity index (χ3v) is 7.26. The van der Waals surface area contributed by atoms with E-state index in [0.717, 1.165) is 65.9 Å². The van der Waals surface area contributed by atoms with Crippen LogP contribution in [0.5, 0.6) is 0 Å². The Hall–Kier alpha value is -4.53. The number of hydrogen-bond donors (Lipinski definition) is 0. The van der Waals surface area contributed by atoms with Crippen LogP contribution >= 0.6 is 11.6 Å². The minimum Gasteiger partial charge on any atom is -0.456 e. The Bertz CT molecular complexity index is 1850. The lowest BCUT2D eigenvalue weighted by Crippen LogP contribution is -2.10. The summed E-state index contributed by atoms with van der Waals surface area (Å²) in [6, 6.07) is 45.9. The summed E-state index contributed by atoms with van der Waals surface area (Å²) in [5, 5.41) is 5.10. The fourth-order valence-electron chi connectivity index (χ4n) is 5.34. The predicted octanol–water partition coefficient (Wildman–Crippen LogP) is 10.5. The van der Waals surface area contributed by atoms with Gasteiger partial charge in [0.15, 0.2) is 0 Å². The lowest BCUT2D eigenvalue weighted by molar-refractivity contribution is 0.669. The quantitative estimate of drug-likeness (QED) is 0.241. The van der Waals surface area contributed by atoms with E-state index in [4.69, 9.17) is 16.0 Å². The van der Waals surface area contributed by atoms with Crippen LogP contribution in [0.4, 0.5) is 17.1 Å². The Balaban J connectivity index is 1.59. The van der Waals surface area contributed by atoms with Crippen molar-refractivity contribution in [2.45, 2.75) is 0 Å². The largest absolute Gasteiger partial charge is 0.456 e. The summed E-state index contributed by atoms with van der Waals surface area (Å²) < 4.78 is 6.46. The van der Waals surface area contributed by atoms with Crippen LogP contribution in [-0.2, 0) is 0 Å². The van der Waals surface area contributed by atoms with Crippen molar-refractivity contribution >= 4 is 61.4 Å². The molecule has 0 fully saturated rings. The van der Waals surface area contributed by atoms with Crippen molar-refractivity contribution in [2.24, 2.45) is 0 Å². The maximum atomic E-state index is 6.59. The molecule has 0 amide bonds. The van der Waals surface area contributed by atoms with Gasteiger partial charge in [0.2, 0.25) is 0 Å². The second-order valence-corrected chi connectivity index (χ2v) is 9.49. The smallest absolute Gasteiger partial charge is 0.137 e. The summed E-state index contributed by atoms with van der Waals surface area (Å²) in [4.78, 5) is 2.30. The van der Waals surface area contributed by atoms with Crippen molar-refractivity contribution < 1.29 is 4.42 Å². The van der Waals surface area contributed by atoms with Gasteiger partial charge < -0.3 is 9.32 Å². The van der Waals surface area contributed by atoms with Crippen molar-refractivity contribution in [3.05, 3.63) is 138 Å². The topological polar surface area (TPSA) is 16.4 Å². The Morgan fingerprint density at radius 1 is 0.459 bits per heavy atom. The molecule has 0 spiro atoms. The second kappa shape index (κ2) is 8.85. The van der Waals surface area contributed by atoms with Gasteiger partial charge in [0.25, 0.3) is 0 Å². The van der Waals surface area contributed by atoms with Gasteiger partial charge in [0, 0.05) is 27.2 Å². The maximum absolute atomic E-state index is 6.59. The first-order valence-electron chi connectivity index (χ1n) is 12.3. The van der Waals surface area contributed by atoms with Gasteiger partial charge in [-0.25, -0.2) is 0 Å². The molecule has 176 valence electrons. The van der Waals surface area contributed by atoms with Crippen LogP contribution in [-0.4, -0.2) is 0 Å². The fourth-order valence-corrected chi connectivity index (χ4v) is 5.57. The molecular weight excluding hydrogens is 474 g/mol. The van der Waals surface area contributed by atoms with E-state index >= 15 is 0 Å². The molecule has 0 atom stereocenters. The minimum absolute atomic E-state index is 0.753. The zero-order valence-corrected chi connectivity index (χ0v) is 20.7. The Kier molecular flexibility index (Phi) is 5.20. The highest BCUT2D eigenvalue weighted by Gasteiger charge is 2.21. The number of fused-ring (bicyclic) bond motifs is 4. The number of nitrogens with zero attached hydrogens (tertiary/aromatic N) is 1. The monoisotopic (exact) mass is 495 g/mol. The number of hydrogen-bond acceptors (Lipinski definition) is 2. The minimum atomic E-state index is 0.753. The van der Waals surface area contributed by atoms with Crippen molar-refractivity contribution in [2.75, 3.05) is 4.90 Å². The van der Waals surface area contributed by atoms with Crippen molar-refractivity contribution in [1.29, 1.82) is 0 Å². The highest BCUT2D eigenvalue weighted by atomic mass is 35.5. The van der Waals surface area contributed by atoms with Crippen LogP contribution in [0.25, 0.3) is 43.8 Å². The molecule has 0 radical (unpaired) electrons. The predicted molar refractivity (Wildman–Crippen MR) is 156 cm³/mol. The molecule has 0 aliphatic heterocycles. The van der Waals surface area contributed by atoms with Crippen LogP contribution in [0.3, 0.4) is 0 Å². The average molecular weight is 496 g/mol. The molecule has 7 rings (SSSR count). The number of furan rings is 1. The molecule has 0 aliphatic rings. The molecule has 0 bridgehead atoms. The van der Waals surface area contributed by atoms with Gasteiger partial charge in [-0.15, -0.1) is 0 Å². The Morgan fingerprint density at radius 2 is 1.05 bits per heavy atom. The highest BCUT2D eigenvalue weighted by molar-refractivity contribution is 6.36. The molecule has 1 heterocycles. The van der Waals surface area contributed by atoms with Gasteiger partial charge in [0.05, 0.1) is 11.1 Å². The van der Waals surface area contributed by atoms with Gasteiger partial charge in [-0.3, -0.25) is 0 Å². The first kappa shape index (κ1) is 21.7. The summed E-state index contributed by atoms with van der Waals surface area (Å²) in [6.07, 6.45) is 0. The van der Waals surface area contributed by atoms with Crippen LogP contribution in [0.2, 0.25) is 5.02 Å². The first-order chi connectivity index (χ1) is 18.3. The summed E-state index contributed by atoms with van der Waals surface area (Å²) in [6.45, 7) is 0. The van der Waals surface area contributed by atoms with E-state index in [1.165, 1.54) is 0 Å². The van der Waals surface area contributed by atoms with E-state index in [0.29, 0.717) is 0 Å². The first-order valence-corrected chi connectivity index (χ1v) is 12.7. The number of rotatable bonds is 4. The molecule has 37 heavy (non-hydrogen) atoms. The summed E-state index contributed by atoms with van der Waals surface area (Å²) in [5.74, 6) is 0. The lowest BCUT2D eigenvalue weighted by atomic mass is 9.94. The molecular formula is C34H22ClNO. The zero-order chi connectivity index (χ0) is 24.8. The molecule has 0 saturated heterocycles. The van der Waals surface area contributed by atoms with Gasteiger partial charge in [-0.2, -0.15) is 0 Å². The third-order valence-electron chi connectivity index (χ3n) is 6.93. The van der Waals surface area contributed by atoms with Crippen molar-refractivity contribution in [3.63, 3.8) is 0 Å². The van der Waals surface area contributed by atoms with E-state index in [1.54, 1.807) is 0 Å².